The van der Waals surface area contributed by atoms with Gasteiger partial charge in [-0.15, -0.1) is 0 Å². The summed E-state index contributed by atoms with van der Waals surface area (Å²) in [6.07, 6.45) is 0. The summed E-state index contributed by atoms with van der Waals surface area (Å²) in [6.45, 7) is 0. The van der Waals surface area contributed by atoms with E-state index in [2.05, 4.69) is 0 Å². The number of benzene rings is 2. The van der Waals surface area contributed by atoms with Crippen LogP contribution < -0.4 is 5.73 Å². The van der Waals surface area contributed by atoms with Gasteiger partial charge in [-0.05, 0) is 23.6 Å². The van der Waals surface area contributed by atoms with E-state index < -0.39 is 0 Å². The van der Waals surface area contributed by atoms with Gasteiger partial charge < -0.3 is 5.73 Å². The summed E-state index contributed by atoms with van der Waals surface area (Å²) in [5.41, 5.74) is 6.40. The van der Waals surface area contributed by atoms with Gasteiger partial charge in [0.1, 0.15) is 0 Å². The number of hydrogen-bond donors (Lipinski definition) is 1. The fourth-order valence-corrected chi connectivity index (χ4v) is 1.51. The normalized spacial score (nSPS) is 10.4. The Kier molecular flexibility index (Phi) is 1.66. The van der Waals surface area contributed by atoms with Crippen LogP contribution in [-0.4, -0.2) is 0 Å². The van der Waals surface area contributed by atoms with E-state index in [0.29, 0.717) is 0 Å². The van der Waals surface area contributed by atoms with Gasteiger partial charge in [-0.1, -0.05) is 29.8 Å². The Morgan fingerprint density at radius 3 is 2.75 bits per heavy atom. The van der Waals surface area contributed by atoms with E-state index in [4.69, 9.17) is 17.3 Å². The van der Waals surface area contributed by atoms with Gasteiger partial charge in [0, 0.05) is 16.1 Å². The van der Waals surface area contributed by atoms with E-state index in [0.717, 1.165) is 21.5 Å². The molecule has 0 bridgehead atoms. The molecule has 2 N–H and O–H groups in total. The van der Waals surface area contributed by atoms with Crippen LogP contribution in [0.3, 0.4) is 0 Å². The topological polar surface area (TPSA) is 26.0 Å². The molecule has 0 aliphatic rings. The third-order valence-corrected chi connectivity index (χ3v) is 2.18. The molecule has 12 heavy (non-hydrogen) atoms. The van der Waals surface area contributed by atoms with Crippen LogP contribution in [0.1, 0.15) is 0 Å². The smallest absolute Gasteiger partial charge is 0.0484 e. The largest absolute Gasteiger partial charge is 0.399 e. The number of hydrogen-bond acceptors (Lipinski definition) is 1. The van der Waals surface area contributed by atoms with Crippen molar-refractivity contribution in [3.63, 3.8) is 0 Å². The first-order chi connectivity index (χ1) is 5.77. The molecule has 60 valence electrons. The Labute approximate surface area is 75.8 Å². The highest BCUT2D eigenvalue weighted by molar-refractivity contribution is 6.35. The van der Waals surface area contributed by atoms with E-state index in [1.54, 1.807) is 0 Å². The molecule has 0 fully saturated rings. The Hall–Kier alpha value is -1.21. The molecule has 0 saturated heterocycles. The lowest BCUT2D eigenvalue weighted by atomic mass is 10.1. The van der Waals surface area contributed by atoms with Crippen LogP contribution in [0, 0.1) is 0 Å². The molecule has 0 aliphatic heterocycles. The van der Waals surface area contributed by atoms with Gasteiger partial charge >= 0.3 is 0 Å². The van der Waals surface area contributed by atoms with Crippen molar-refractivity contribution in [2.24, 2.45) is 0 Å². The van der Waals surface area contributed by atoms with Gasteiger partial charge in [0.05, 0.1) is 0 Å². The Bertz CT molecular complexity index is 423. The fraction of sp³-hybridized carbons (Fsp3) is 0. The quantitative estimate of drug-likeness (QED) is 0.615. The average molecular weight is 178 g/mol. The van der Waals surface area contributed by atoms with Gasteiger partial charge in [-0.3, -0.25) is 0 Å². The van der Waals surface area contributed by atoms with Crippen molar-refractivity contribution in [2.45, 2.75) is 0 Å². The van der Waals surface area contributed by atoms with Crippen molar-refractivity contribution in [1.29, 1.82) is 0 Å². The van der Waals surface area contributed by atoms with E-state index in [-0.39, 0.29) is 0 Å². The molecule has 2 rings (SSSR count). The Morgan fingerprint density at radius 1 is 1.08 bits per heavy atom. The molecule has 0 spiro atoms. The number of rotatable bonds is 0. The molecule has 0 aliphatic carbocycles. The third-order valence-electron chi connectivity index (χ3n) is 1.85. The minimum Gasteiger partial charge on any atom is -0.399 e. The molecule has 0 amide bonds. The molecule has 1 nitrogen and oxygen atoms in total. The van der Waals surface area contributed by atoms with E-state index >= 15 is 0 Å². The number of nitrogen functional groups attached to an aromatic ring is 1. The number of nitrogens with two attached hydrogens (primary N) is 1. The summed E-state index contributed by atoms with van der Waals surface area (Å²) >= 11 is 5.97. The SMILES string of the molecule is Nc1ccc2c(Cl)cccc2c1. The van der Waals surface area contributed by atoms with Crippen molar-refractivity contribution in [3.05, 3.63) is 41.4 Å². The minimum atomic E-state index is 0.768. The Morgan fingerprint density at radius 2 is 1.92 bits per heavy atom. The molecule has 2 heteroatoms. The highest BCUT2D eigenvalue weighted by atomic mass is 35.5. The summed E-state index contributed by atoms with van der Waals surface area (Å²) in [5, 5.41) is 2.91. The second-order valence-electron chi connectivity index (χ2n) is 2.72. The molecule has 2 aromatic carbocycles. The number of anilines is 1. The summed E-state index contributed by atoms with van der Waals surface area (Å²) in [7, 11) is 0. The number of fused-ring (bicyclic) bond motifs is 1. The molecule has 0 aromatic heterocycles. The van der Waals surface area contributed by atoms with Crippen molar-refractivity contribution < 1.29 is 0 Å². The molecule has 0 radical (unpaired) electrons. The van der Waals surface area contributed by atoms with Crippen molar-refractivity contribution >= 4 is 28.1 Å². The monoisotopic (exact) mass is 177 g/mol. The molecular formula is C10H8ClN. The van der Waals surface area contributed by atoms with Crippen LogP contribution in [0.2, 0.25) is 5.02 Å². The maximum atomic E-state index is 5.97. The van der Waals surface area contributed by atoms with Crippen LogP contribution in [0.25, 0.3) is 10.8 Å². The van der Waals surface area contributed by atoms with Gasteiger partial charge in [-0.25, -0.2) is 0 Å². The predicted octanol–water partition coefficient (Wildman–Crippen LogP) is 3.08. The highest BCUT2D eigenvalue weighted by Gasteiger charge is 1.96. The fourth-order valence-electron chi connectivity index (χ4n) is 1.26. The van der Waals surface area contributed by atoms with E-state index in [9.17, 15) is 0 Å². The maximum absolute atomic E-state index is 5.97. The maximum Gasteiger partial charge on any atom is 0.0484 e. The highest BCUT2D eigenvalue weighted by Crippen LogP contribution is 2.24. The second kappa shape index (κ2) is 2.68. The molecule has 0 atom stereocenters. The van der Waals surface area contributed by atoms with Gasteiger partial charge in [0.15, 0.2) is 0 Å². The van der Waals surface area contributed by atoms with Gasteiger partial charge in [0.25, 0.3) is 0 Å². The summed E-state index contributed by atoms with van der Waals surface area (Å²) in [6, 6.07) is 11.5. The van der Waals surface area contributed by atoms with Crippen molar-refractivity contribution in [1.82, 2.24) is 0 Å². The number of halogens is 1. The standard InChI is InChI=1S/C10H8ClN/c11-10-3-1-2-7-6-8(12)4-5-9(7)10/h1-6H,12H2. The van der Waals surface area contributed by atoms with Crippen LogP contribution in [0.15, 0.2) is 36.4 Å². The summed E-state index contributed by atoms with van der Waals surface area (Å²) in [4.78, 5) is 0. The molecule has 0 heterocycles. The lowest BCUT2D eigenvalue weighted by molar-refractivity contribution is 1.72. The van der Waals surface area contributed by atoms with Crippen molar-refractivity contribution in [3.8, 4) is 0 Å². The van der Waals surface area contributed by atoms with Crippen LogP contribution in [0.4, 0.5) is 5.69 Å². The first kappa shape index (κ1) is 7.44. The third kappa shape index (κ3) is 1.12. The lowest BCUT2D eigenvalue weighted by Crippen LogP contribution is -1.83. The van der Waals surface area contributed by atoms with Crippen LogP contribution >= 0.6 is 11.6 Å². The average Bonchev–Trinajstić information content (AvgIpc) is 2.04. The van der Waals surface area contributed by atoms with E-state index in [1.807, 2.05) is 36.4 Å². The van der Waals surface area contributed by atoms with Crippen LogP contribution in [0.5, 0.6) is 0 Å². The first-order valence-corrected chi connectivity index (χ1v) is 4.09. The van der Waals surface area contributed by atoms with Crippen LogP contribution in [-0.2, 0) is 0 Å². The minimum absolute atomic E-state index is 0.768. The predicted molar refractivity (Wildman–Crippen MR) is 53.4 cm³/mol. The molecule has 2 aromatic rings. The second-order valence-corrected chi connectivity index (χ2v) is 3.13. The van der Waals surface area contributed by atoms with Gasteiger partial charge in [-0.2, -0.15) is 0 Å². The molecule has 0 unspecified atom stereocenters. The van der Waals surface area contributed by atoms with Crippen molar-refractivity contribution in [2.75, 3.05) is 5.73 Å². The zero-order valence-electron chi connectivity index (χ0n) is 6.42. The summed E-state index contributed by atoms with van der Waals surface area (Å²) in [5.74, 6) is 0. The Balaban J connectivity index is 2.86. The first-order valence-electron chi connectivity index (χ1n) is 3.71. The zero-order valence-corrected chi connectivity index (χ0v) is 7.18. The van der Waals surface area contributed by atoms with Gasteiger partial charge in [0.2, 0.25) is 0 Å². The van der Waals surface area contributed by atoms with E-state index in [1.165, 1.54) is 0 Å². The molecular weight excluding hydrogens is 170 g/mol. The zero-order chi connectivity index (χ0) is 8.55. The lowest BCUT2D eigenvalue weighted by Gasteiger charge is -2.00. The summed E-state index contributed by atoms with van der Waals surface area (Å²) < 4.78 is 0. The molecule has 0 saturated carbocycles.